The monoisotopic (exact) mass is 504 g/mol. The van der Waals surface area contributed by atoms with E-state index in [1.54, 1.807) is 0 Å². The highest BCUT2D eigenvalue weighted by molar-refractivity contribution is 5.92. The van der Waals surface area contributed by atoms with E-state index in [1.807, 2.05) is 12.1 Å². The quantitative estimate of drug-likeness (QED) is 0.231. The molecule has 8 rings (SSSR count). The van der Waals surface area contributed by atoms with Gasteiger partial charge in [-0.3, -0.25) is 0 Å². The van der Waals surface area contributed by atoms with Gasteiger partial charge in [-0.2, -0.15) is 0 Å². The first-order chi connectivity index (χ1) is 19.1. The molecule has 0 bridgehead atoms. The van der Waals surface area contributed by atoms with Gasteiger partial charge in [-0.25, -0.2) is 9.97 Å². The van der Waals surface area contributed by atoms with Crippen LogP contribution in [0.1, 0.15) is 19.4 Å². The highest BCUT2D eigenvalue weighted by Crippen LogP contribution is 2.66. The van der Waals surface area contributed by atoms with Crippen LogP contribution in [0.15, 0.2) is 127 Å². The summed E-state index contributed by atoms with van der Waals surface area (Å²) in [7, 11) is 0. The standard InChI is InChI=1S/C35H28N4/c1-34-22-23-35(34,2)33-38(26-18-10-5-11-19-26)31-32(39(33)28-21-13-12-20-27(28)34)37-30(25-16-8-4-9-17-25)29(36-31)24-14-6-3-7-15-24/h3-23,33H,1-2H3. The number of fused-ring (bicyclic) bond motifs is 8. The van der Waals surface area contributed by atoms with E-state index >= 15 is 0 Å². The molecule has 3 unspecified atom stereocenters. The Bertz CT molecular complexity index is 1750. The lowest BCUT2D eigenvalue weighted by Crippen LogP contribution is -2.64. The summed E-state index contributed by atoms with van der Waals surface area (Å²) < 4.78 is 0. The summed E-state index contributed by atoms with van der Waals surface area (Å²) in [5.74, 6) is 1.80. The number of benzene rings is 4. The van der Waals surface area contributed by atoms with Crippen LogP contribution in [0.5, 0.6) is 0 Å². The minimum Gasteiger partial charge on any atom is -0.301 e. The number of nitrogens with zero attached hydrogens (tertiary/aromatic N) is 4. The maximum absolute atomic E-state index is 5.49. The Morgan fingerprint density at radius 3 is 1.64 bits per heavy atom. The van der Waals surface area contributed by atoms with Crippen LogP contribution < -0.4 is 9.80 Å². The van der Waals surface area contributed by atoms with Gasteiger partial charge >= 0.3 is 0 Å². The molecule has 0 amide bonds. The fourth-order valence-electron chi connectivity index (χ4n) is 6.77. The van der Waals surface area contributed by atoms with Crippen LogP contribution in [0, 0.1) is 5.41 Å². The molecule has 5 aromatic rings. The van der Waals surface area contributed by atoms with Gasteiger partial charge in [0.15, 0.2) is 11.6 Å². The van der Waals surface area contributed by atoms with E-state index in [0.717, 1.165) is 39.8 Å². The van der Waals surface area contributed by atoms with E-state index in [0.29, 0.717) is 0 Å². The third kappa shape index (κ3) is 2.89. The van der Waals surface area contributed by atoms with Crippen LogP contribution in [-0.4, -0.2) is 16.1 Å². The smallest absolute Gasteiger partial charge is 0.179 e. The van der Waals surface area contributed by atoms with Crippen molar-refractivity contribution in [3.05, 3.63) is 133 Å². The van der Waals surface area contributed by atoms with Gasteiger partial charge in [0.1, 0.15) is 6.17 Å². The lowest BCUT2D eigenvalue weighted by molar-refractivity contribution is 0.174. The zero-order valence-corrected chi connectivity index (χ0v) is 22.0. The first-order valence-corrected chi connectivity index (χ1v) is 13.6. The van der Waals surface area contributed by atoms with E-state index in [-0.39, 0.29) is 17.0 Å². The summed E-state index contributed by atoms with van der Waals surface area (Å²) in [6, 6.07) is 40.3. The molecular formula is C35H28N4. The lowest BCUT2D eigenvalue weighted by Gasteiger charge is -2.61. The summed E-state index contributed by atoms with van der Waals surface area (Å²) in [6.07, 6.45) is 4.76. The Kier molecular flexibility index (Phi) is 4.52. The van der Waals surface area contributed by atoms with Gasteiger partial charge in [-0.1, -0.05) is 123 Å². The van der Waals surface area contributed by atoms with Crippen molar-refractivity contribution in [3.8, 4) is 22.5 Å². The lowest BCUT2D eigenvalue weighted by atomic mass is 9.51. The molecule has 0 radical (unpaired) electrons. The second kappa shape index (κ2) is 7.90. The topological polar surface area (TPSA) is 32.3 Å². The van der Waals surface area contributed by atoms with Crippen molar-refractivity contribution in [1.82, 2.24) is 9.97 Å². The first kappa shape index (κ1) is 22.3. The molecule has 4 heteroatoms. The molecule has 0 N–H and O–H groups in total. The fourth-order valence-corrected chi connectivity index (χ4v) is 6.77. The predicted molar refractivity (Wildman–Crippen MR) is 158 cm³/mol. The molecule has 4 aromatic carbocycles. The summed E-state index contributed by atoms with van der Waals surface area (Å²) in [4.78, 5) is 15.8. The van der Waals surface area contributed by atoms with Gasteiger partial charge in [-0.05, 0) is 23.8 Å². The largest absolute Gasteiger partial charge is 0.301 e. The summed E-state index contributed by atoms with van der Waals surface area (Å²) >= 11 is 0. The van der Waals surface area contributed by atoms with Crippen LogP contribution in [0.4, 0.5) is 23.0 Å². The fraction of sp³-hybridized carbons (Fsp3) is 0.143. The average molecular weight is 505 g/mol. The molecule has 1 aliphatic carbocycles. The zero-order valence-electron chi connectivity index (χ0n) is 22.0. The zero-order chi connectivity index (χ0) is 26.2. The van der Waals surface area contributed by atoms with E-state index in [2.05, 4.69) is 139 Å². The molecule has 3 heterocycles. The number of aromatic nitrogens is 2. The maximum Gasteiger partial charge on any atom is 0.179 e. The summed E-state index contributed by atoms with van der Waals surface area (Å²) in [6.45, 7) is 4.76. The molecule has 0 spiro atoms. The predicted octanol–water partition coefficient (Wildman–Crippen LogP) is 8.27. The van der Waals surface area contributed by atoms with Crippen LogP contribution in [0.2, 0.25) is 0 Å². The van der Waals surface area contributed by atoms with Crippen molar-refractivity contribution in [2.24, 2.45) is 5.41 Å². The van der Waals surface area contributed by atoms with E-state index in [9.17, 15) is 0 Å². The van der Waals surface area contributed by atoms with E-state index in [1.165, 1.54) is 11.3 Å². The molecule has 39 heavy (non-hydrogen) atoms. The van der Waals surface area contributed by atoms with Crippen LogP contribution in [0.3, 0.4) is 0 Å². The third-order valence-electron chi connectivity index (χ3n) is 9.08. The van der Waals surface area contributed by atoms with Gasteiger partial charge in [0.2, 0.25) is 0 Å². The van der Waals surface area contributed by atoms with E-state index in [4.69, 9.17) is 9.97 Å². The van der Waals surface area contributed by atoms with Crippen molar-refractivity contribution in [1.29, 1.82) is 0 Å². The highest BCUT2D eigenvalue weighted by atomic mass is 15.5. The Balaban J connectivity index is 1.47. The van der Waals surface area contributed by atoms with Crippen LogP contribution >= 0.6 is 0 Å². The summed E-state index contributed by atoms with van der Waals surface area (Å²) in [5.41, 5.74) is 7.32. The maximum atomic E-state index is 5.49. The Morgan fingerprint density at radius 2 is 1.08 bits per heavy atom. The average Bonchev–Trinajstić information content (AvgIpc) is 3.34. The van der Waals surface area contributed by atoms with Crippen molar-refractivity contribution in [2.75, 3.05) is 9.80 Å². The Morgan fingerprint density at radius 1 is 0.564 bits per heavy atom. The molecule has 0 saturated heterocycles. The molecule has 2 aliphatic heterocycles. The van der Waals surface area contributed by atoms with Crippen molar-refractivity contribution in [2.45, 2.75) is 25.4 Å². The van der Waals surface area contributed by atoms with Gasteiger partial charge in [-0.15, -0.1) is 0 Å². The summed E-state index contributed by atoms with van der Waals surface area (Å²) in [5, 5.41) is 0. The number of hydrogen-bond acceptors (Lipinski definition) is 4. The highest BCUT2D eigenvalue weighted by Gasteiger charge is 2.64. The van der Waals surface area contributed by atoms with Gasteiger partial charge < -0.3 is 9.80 Å². The number of anilines is 4. The number of hydrogen-bond donors (Lipinski definition) is 0. The van der Waals surface area contributed by atoms with Gasteiger partial charge in [0.05, 0.1) is 11.4 Å². The minimum atomic E-state index is -0.153. The Labute approximate surface area is 228 Å². The van der Waals surface area contributed by atoms with Crippen molar-refractivity contribution < 1.29 is 0 Å². The molecule has 1 aromatic heterocycles. The van der Waals surface area contributed by atoms with Crippen LogP contribution in [-0.2, 0) is 5.41 Å². The molecule has 188 valence electrons. The molecule has 0 fully saturated rings. The third-order valence-corrected chi connectivity index (χ3v) is 9.08. The van der Waals surface area contributed by atoms with Crippen molar-refractivity contribution >= 4 is 23.0 Å². The van der Waals surface area contributed by atoms with Gasteiger partial charge in [0, 0.05) is 33.3 Å². The number of para-hydroxylation sites is 2. The number of rotatable bonds is 3. The Hall–Kier alpha value is -4.70. The van der Waals surface area contributed by atoms with E-state index < -0.39 is 0 Å². The second-order valence-corrected chi connectivity index (χ2v) is 11.1. The van der Waals surface area contributed by atoms with Crippen LogP contribution in [0.25, 0.3) is 22.5 Å². The minimum absolute atomic E-state index is 0.00514. The molecule has 3 atom stereocenters. The second-order valence-electron chi connectivity index (χ2n) is 11.1. The first-order valence-electron chi connectivity index (χ1n) is 13.6. The molecule has 0 saturated carbocycles. The normalized spacial score (nSPS) is 23.9. The molecular weight excluding hydrogens is 476 g/mol. The molecule has 4 nitrogen and oxygen atoms in total. The van der Waals surface area contributed by atoms with Gasteiger partial charge in [0.25, 0.3) is 0 Å². The number of allylic oxidation sites excluding steroid dienone is 1. The molecule has 3 aliphatic rings. The van der Waals surface area contributed by atoms with Crippen molar-refractivity contribution in [3.63, 3.8) is 0 Å². The SMILES string of the molecule is CC12C=CC1(C)C1N(c3ccccc3)c3nc(-c4ccccc4)c(-c4ccccc4)nc3N1c1ccccc12.